The van der Waals surface area contributed by atoms with Gasteiger partial charge in [0.05, 0.1) is 17.8 Å². The van der Waals surface area contributed by atoms with Crippen molar-refractivity contribution in [3.8, 4) is 0 Å². The number of amides is 1. The molecule has 2 aliphatic rings. The summed E-state index contributed by atoms with van der Waals surface area (Å²) in [7, 11) is -3.07. The smallest absolute Gasteiger partial charge is 0.331 e. The van der Waals surface area contributed by atoms with Crippen molar-refractivity contribution >= 4 is 27.8 Å². The number of hydrogen-bond donors (Lipinski definition) is 0. The van der Waals surface area contributed by atoms with E-state index in [1.807, 2.05) is 0 Å². The van der Waals surface area contributed by atoms with Gasteiger partial charge in [-0.1, -0.05) is 0 Å². The Bertz CT molecular complexity index is 733. The molecular weight excluding hydrogens is 334 g/mol. The van der Waals surface area contributed by atoms with Crippen LogP contribution in [0.3, 0.4) is 0 Å². The lowest BCUT2D eigenvalue weighted by molar-refractivity contribution is -0.149. The highest BCUT2D eigenvalue weighted by molar-refractivity contribution is 7.91. The van der Waals surface area contributed by atoms with E-state index in [4.69, 9.17) is 9.15 Å². The second kappa shape index (κ2) is 6.80. The maximum Gasteiger partial charge on any atom is 0.331 e. The van der Waals surface area contributed by atoms with Gasteiger partial charge in [0.25, 0.3) is 5.91 Å². The highest BCUT2D eigenvalue weighted by Crippen LogP contribution is 2.32. The van der Waals surface area contributed by atoms with Crippen LogP contribution >= 0.6 is 0 Å². The molecule has 8 heteroatoms. The van der Waals surface area contributed by atoms with E-state index in [2.05, 4.69) is 0 Å². The summed E-state index contributed by atoms with van der Waals surface area (Å²) in [6, 6.07) is 3.16. The average molecular weight is 353 g/mol. The number of esters is 1. The molecule has 1 aliphatic carbocycles. The van der Waals surface area contributed by atoms with Crippen LogP contribution in [0.1, 0.15) is 25.0 Å². The first kappa shape index (κ1) is 16.8. The van der Waals surface area contributed by atoms with Crippen LogP contribution in [0, 0.1) is 0 Å². The van der Waals surface area contributed by atoms with Gasteiger partial charge >= 0.3 is 5.97 Å². The Morgan fingerprint density at radius 2 is 2.08 bits per heavy atom. The van der Waals surface area contributed by atoms with E-state index >= 15 is 0 Å². The SMILES string of the molecule is O=C(/C=C/c1ccco1)OCC(=O)N(C1CC1)[C@H]1CCS(=O)(=O)C1. The zero-order valence-electron chi connectivity index (χ0n) is 13.1. The van der Waals surface area contributed by atoms with E-state index in [-0.39, 0.29) is 36.1 Å². The fourth-order valence-corrected chi connectivity index (χ4v) is 4.56. The molecule has 1 atom stereocenters. The van der Waals surface area contributed by atoms with Crippen molar-refractivity contribution in [2.45, 2.75) is 31.3 Å². The molecule has 24 heavy (non-hydrogen) atoms. The Morgan fingerprint density at radius 3 is 2.67 bits per heavy atom. The minimum absolute atomic E-state index is 0.00157. The van der Waals surface area contributed by atoms with Crippen LogP contribution in [0.25, 0.3) is 6.08 Å². The first-order chi connectivity index (χ1) is 11.4. The Kier molecular flexibility index (Phi) is 4.75. The van der Waals surface area contributed by atoms with Gasteiger partial charge in [-0.05, 0) is 37.5 Å². The van der Waals surface area contributed by atoms with Crippen LogP contribution in [-0.2, 0) is 24.2 Å². The van der Waals surface area contributed by atoms with Crippen molar-refractivity contribution in [2.75, 3.05) is 18.1 Å². The summed E-state index contributed by atoms with van der Waals surface area (Å²) < 4.78 is 33.3. The van der Waals surface area contributed by atoms with Gasteiger partial charge in [-0.2, -0.15) is 0 Å². The summed E-state index contributed by atoms with van der Waals surface area (Å²) >= 11 is 0. The van der Waals surface area contributed by atoms with E-state index in [1.165, 1.54) is 18.4 Å². The van der Waals surface area contributed by atoms with Crippen molar-refractivity contribution in [1.29, 1.82) is 0 Å². The molecule has 1 saturated carbocycles. The summed E-state index contributed by atoms with van der Waals surface area (Å²) in [4.78, 5) is 25.6. The van der Waals surface area contributed by atoms with Crippen molar-refractivity contribution in [3.05, 3.63) is 30.2 Å². The fraction of sp³-hybridized carbons (Fsp3) is 0.500. The number of nitrogens with zero attached hydrogens (tertiary/aromatic N) is 1. The number of rotatable bonds is 6. The molecule has 2 fully saturated rings. The topological polar surface area (TPSA) is 93.9 Å². The summed E-state index contributed by atoms with van der Waals surface area (Å²) in [6.45, 7) is -0.381. The molecule has 0 aromatic carbocycles. The maximum absolute atomic E-state index is 12.4. The Morgan fingerprint density at radius 1 is 1.29 bits per heavy atom. The molecule has 1 aliphatic heterocycles. The van der Waals surface area contributed by atoms with E-state index in [0.717, 1.165) is 12.8 Å². The molecule has 1 aromatic rings. The van der Waals surface area contributed by atoms with Crippen molar-refractivity contribution in [1.82, 2.24) is 4.90 Å². The molecule has 7 nitrogen and oxygen atoms in total. The Balaban J connectivity index is 1.53. The van der Waals surface area contributed by atoms with Gasteiger partial charge < -0.3 is 14.1 Å². The van der Waals surface area contributed by atoms with E-state index in [9.17, 15) is 18.0 Å². The molecule has 1 saturated heterocycles. The summed E-state index contributed by atoms with van der Waals surface area (Å²) in [5.74, 6) is -0.357. The van der Waals surface area contributed by atoms with Crippen LogP contribution in [0.5, 0.6) is 0 Å². The first-order valence-corrected chi connectivity index (χ1v) is 9.67. The zero-order chi connectivity index (χ0) is 17.2. The lowest BCUT2D eigenvalue weighted by Crippen LogP contribution is -2.44. The average Bonchev–Trinajstić information content (AvgIpc) is 3.08. The third-order valence-corrected chi connectivity index (χ3v) is 5.85. The standard InChI is InChI=1S/C16H19NO6S/c18-15(10-23-16(19)6-5-14-2-1-8-22-14)17(12-3-4-12)13-7-9-24(20,21)11-13/h1-2,5-6,8,12-13H,3-4,7,9-11H2/b6-5+/t13-/m0/s1. The molecule has 2 heterocycles. The van der Waals surface area contributed by atoms with Crippen LogP contribution in [0.2, 0.25) is 0 Å². The van der Waals surface area contributed by atoms with Crippen LogP contribution in [-0.4, -0.2) is 55.4 Å². The number of carbonyl (C=O) groups excluding carboxylic acids is 2. The number of furan rings is 1. The fourth-order valence-electron chi connectivity index (χ4n) is 2.84. The minimum atomic E-state index is -3.07. The van der Waals surface area contributed by atoms with Crippen molar-refractivity contribution in [3.63, 3.8) is 0 Å². The predicted octanol–water partition coefficient (Wildman–Crippen LogP) is 1.01. The first-order valence-electron chi connectivity index (χ1n) is 7.84. The lowest BCUT2D eigenvalue weighted by atomic mass is 10.2. The molecule has 3 rings (SSSR count). The van der Waals surface area contributed by atoms with Crippen LogP contribution in [0.4, 0.5) is 0 Å². The third-order valence-electron chi connectivity index (χ3n) is 4.09. The number of hydrogen-bond acceptors (Lipinski definition) is 6. The third kappa shape index (κ3) is 4.25. The van der Waals surface area contributed by atoms with E-state index in [0.29, 0.717) is 12.2 Å². The normalized spacial score (nSPS) is 22.6. The van der Waals surface area contributed by atoms with Gasteiger partial charge in [-0.25, -0.2) is 13.2 Å². The molecule has 0 radical (unpaired) electrons. The van der Waals surface area contributed by atoms with Gasteiger partial charge in [0.1, 0.15) is 5.76 Å². The Hall–Kier alpha value is -2.09. The van der Waals surface area contributed by atoms with Crippen molar-refractivity contribution in [2.24, 2.45) is 0 Å². The number of carbonyl (C=O) groups is 2. The number of sulfone groups is 1. The highest BCUT2D eigenvalue weighted by atomic mass is 32.2. The summed E-state index contributed by atoms with van der Waals surface area (Å²) in [5.41, 5.74) is 0. The molecule has 1 aromatic heterocycles. The number of ether oxygens (including phenoxy) is 1. The monoisotopic (exact) mass is 353 g/mol. The Labute approximate surface area is 140 Å². The molecular formula is C16H19NO6S. The van der Waals surface area contributed by atoms with Gasteiger partial charge in [-0.3, -0.25) is 4.79 Å². The van der Waals surface area contributed by atoms with Gasteiger partial charge in [-0.15, -0.1) is 0 Å². The van der Waals surface area contributed by atoms with E-state index < -0.39 is 15.8 Å². The van der Waals surface area contributed by atoms with Gasteiger partial charge in [0.2, 0.25) is 0 Å². The van der Waals surface area contributed by atoms with Gasteiger partial charge in [0.15, 0.2) is 16.4 Å². The molecule has 0 spiro atoms. The molecule has 0 bridgehead atoms. The van der Waals surface area contributed by atoms with Crippen LogP contribution < -0.4 is 0 Å². The minimum Gasteiger partial charge on any atom is -0.465 e. The zero-order valence-corrected chi connectivity index (χ0v) is 13.9. The maximum atomic E-state index is 12.4. The van der Waals surface area contributed by atoms with Gasteiger partial charge in [0, 0.05) is 18.2 Å². The van der Waals surface area contributed by atoms with Crippen molar-refractivity contribution < 1.29 is 27.2 Å². The summed E-state index contributed by atoms with van der Waals surface area (Å²) in [6.07, 6.45) is 6.32. The largest absolute Gasteiger partial charge is 0.465 e. The lowest BCUT2D eigenvalue weighted by Gasteiger charge is -2.28. The predicted molar refractivity (Wildman–Crippen MR) is 85.6 cm³/mol. The molecule has 130 valence electrons. The summed E-state index contributed by atoms with van der Waals surface area (Å²) in [5, 5.41) is 0. The second-order valence-electron chi connectivity index (χ2n) is 6.05. The quantitative estimate of drug-likeness (QED) is 0.560. The highest BCUT2D eigenvalue weighted by Gasteiger charge is 2.42. The molecule has 0 unspecified atom stereocenters. The van der Waals surface area contributed by atoms with E-state index in [1.54, 1.807) is 17.0 Å². The second-order valence-corrected chi connectivity index (χ2v) is 8.27. The molecule has 0 N–H and O–H groups in total. The van der Waals surface area contributed by atoms with Crippen LogP contribution in [0.15, 0.2) is 28.9 Å². The molecule has 1 amide bonds.